The van der Waals surface area contributed by atoms with Crippen molar-refractivity contribution < 1.29 is 0 Å². The van der Waals surface area contributed by atoms with E-state index in [1.54, 1.807) is 24.3 Å². The molecule has 22 heavy (non-hydrogen) atoms. The van der Waals surface area contributed by atoms with E-state index in [0.717, 1.165) is 9.25 Å². The monoisotopic (exact) mass is 299 g/mol. The van der Waals surface area contributed by atoms with E-state index >= 15 is 0 Å². The summed E-state index contributed by atoms with van der Waals surface area (Å²) in [5.41, 5.74) is -0.315. The molecule has 0 bridgehead atoms. The lowest BCUT2D eigenvalue weighted by Gasteiger charge is -2.10. The summed E-state index contributed by atoms with van der Waals surface area (Å²) in [6.45, 7) is -0.00150. The Morgan fingerprint density at radius 1 is 1.05 bits per heavy atom. The topological polar surface area (TPSA) is 91.8 Å². The van der Waals surface area contributed by atoms with E-state index in [-0.39, 0.29) is 12.1 Å². The molecule has 0 radical (unpaired) electrons. The molecule has 3 aromatic rings. The number of benzene rings is 1. The summed E-state index contributed by atoms with van der Waals surface area (Å²) >= 11 is 0. The first-order valence-electron chi connectivity index (χ1n) is 6.57. The highest BCUT2D eigenvalue weighted by atomic mass is 16.2. The van der Waals surface area contributed by atoms with Gasteiger partial charge < -0.3 is 0 Å². The van der Waals surface area contributed by atoms with E-state index in [2.05, 4.69) is 10.3 Å². The Balaban J connectivity index is 2.16. The van der Waals surface area contributed by atoms with Gasteiger partial charge in [-0.2, -0.15) is 0 Å². The van der Waals surface area contributed by atoms with Gasteiger partial charge in [-0.25, -0.2) is 9.48 Å². The standard InChI is InChI=1S/C14H13N5O3/c1-17-9(7-12(20)18(2)14(17)22)8-19-13(21)10-5-3-4-6-11(10)15-16-19/h3-7H,8H2,1-2H3. The van der Waals surface area contributed by atoms with Crippen molar-refractivity contribution in [1.29, 1.82) is 0 Å². The molecule has 0 aliphatic heterocycles. The summed E-state index contributed by atoms with van der Waals surface area (Å²) in [4.78, 5) is 36.0. The highest BCUT2D eigenvalue weighted by Crippen LogP contribution is 2.04. The van der Waals surface area contributed by atoms with Gasteiger partial charge in [-0.3, -0.25) is 18.7 Å². The van der Waals surface area contributed by atoms with Crippen LogP contribution < -0.4 is 16.8 Å². The van der Waals surface area contributed by atoms with Gasteiger partial charge in [0.25, 0.3) is 11.1 Å². The average Bonchev–Trinajstić information content (AvgIpc) is 2.53. The maximum absolute atomic E-state index is 12.4. The number of hydrogen-bond acceptors (Lipinski definition) is 5. The number of fused-ring (bicyclic) bond motifs is 1. The normalized spacial score (nSPS) is 11.0. The van der Waals surface area contributed by atoms with E-state index in [0.29, 0.717) is 16.6 Å². The molecular formula is C14H13N5O3. The van der Waals surface area contributed by atoms with Crippen LogP contribution >= 0.6 is 0 Å². The van der Waals surface area contributed by atoms with Gasteiger partial charge in [0.15, 0.2) is 0 Å². The minimum Gasteiger partial charge on any atom is -0.299 e. The zero-order chi connectivity index (χ0) is 15.9. The molecule has 0 unspecified atom stereocenters. The smallest absolute Gasteiger partial charge is 0.299 e. The molecule has 0 fully saturated rings. The lowest BCUT2D eigenvalue weighted by molar-refractivity contribution is 0.555. The summed E-state index contributed by atoms with van der Waals surface area (Å²) in [5.74, 6) is 0. The molecule has 0 N–H and O–H groups in total. The Hall–Kier alpha value is -3.03. The summed E-state index contributed by atoms with van der Waals surface area (Å²) < 4.78 is 3.44. The number of rotatable bonds is 2. The Morgan fingerprint density at radius 2 is 1.77 bits per heavy atom. The molecule has 8 heteroatoms. The van der Waals surface area contributed by atoms with Crippen molar-refractivity contribution in [3.63, 3.8) is 0 Å². The third-order valence-corrected chi connectivity index (χ3v) is 3.57. The zero-order valence-electron chi connectivity index (χ0n) is 12.1. The van der Waals surface area contributed by atoms with Crippen LogP contribution in [-0.2, 0) is 20.6 Å². The molecule has 1 aromatic carbocycles. The first-order chi connectivity index (χ1) is 10.5. The van der Waals surface area contributed by atoms with Crippen molar-refractivity contribution in [2.75, 3.05) is 0 Å². The van der Waals surface area contributed by atoms with Crippen molar-refractivity contribution >= 4 is 10.9 Å². The van der Waals surface area contributed by atoms with Crippen LogP contribution in [0.2, 0.25) is 0 Å². The van der Waals surface area contributed by atoms with E-state index in [4.69, 9.17) is 0 Å². The first-order valence-corrected chi connectivity index (χ1v) is 6.57. The van der Waals surface area contributed by atoms with E-state index in [1.807, 2.05) is 0 Å². The quantitative estimate of drug-likeness (QED) is 0.620. The van der Waals surface area contributed by atoms with Crippen LogP contribution in [0.1, 0.15) is 5.69 Å². The first kappa shape index (κ1) is 13.9. The molecule has 0 saturated carbocycles. The van der Waals surface area contributed by atoms with Gasteiger partial charge >= 0.3 is 5.69 Å². The molecule has 0 aliphatic carbocycles. The fourth-order valence-electron chi connectivity index (χ4n) is 2.21. The second kappa shape index (κ2) is 5.06. The van der Waals surface area contributed by atoms with Crippen LogP contribution in [0.4, 0.5) is 0 Å². The van der Waals surface area contributed by atoms with Gasteiger partial charge in [0.05, 0.1) is 11.9 Å². The maximum Gasteiger partial charge on any atom is 0.330 e. The molecule has 2 aromatic heterocycles. The second-order valence-electron chi connectivity index (χ2n) is 4.94. The third kappa shape index (κ3) is 2.14. The van der Waals surface area contributed by atoms with Crippen molar-refractivity contribution in [1.82, 2.24) is 24.1 Å². The lowest BCUT2D eigenvalue weighted by Crippen LogP contribution is -2.39. The minimum absolute atomic E-state index is 0.00150. The van der Waals surface area contributed by atoms with E-state index in [9.17, 15) is 14.4 Å². The van der Waals surface area contributed by atoms with E-state index < -0.39 is 11.2 Å². The lowest BCUT2D eigenvalue weighted by atomic mass is 10.2. The molecule has 112 valence electrons. The van der Waals surface area contributed by atoms with Gasteiger partial charge in [-0.05, 0) is 12.1 Å². The van der Waals surface area contributed by atoms with E-state index in [1.165, 1.54) is 24.7 Å². The van der Waals surface area contributed by atoms with Crippen LogP contribution in [0.5, 0.6) is 0 Å². The van der Waals surface area contributed by atoms with Gasteiger partial charge in [-0.15, -0.1) is 5.10 Å². The summed E-state index contributed by atoms with van der Waals surface area (Å²) in [5, 5.41) is 8.26. The van der Waals surface area contributed by atoms with Gasteiger partial charge in [0.1, 0.15) is 5.52 Å². The Morgan fingerprint density at radius 3 is 2.55 bits per heavy atom. The number of hydrogen-bond donors (Lipinski definition) is 0. The average molecular weight is 299 g/mol. The van der Waals surface area contributed by atoms with Gasteiger partial charge in [0, 0.05) is 25.9 Å². The van der Waals surface area contributed by atoms with Crippen molar-refractivity contribution in [2.24, 2.45) is 14.1 Å². The number of nitrogens with zero attached hydrogens (tertiary/aromatic N) is 5. The Labute approximate surface area is 123 Å². The highest BCUT2D eigenvalue weighted by molar-refractivity contribution is 5.76. The van der Waals surface area contributed by atoms with Crippen LogP contribution in [-0.4, -0.2) is 24.1 Å². The summed E-state index contributed by atoms with van der Waals surface area (Å²) in [6.07, 6.45) is 0. The Bertz CT molecular complexity index is 1040. The SMILES string of the molecule is Cn1c(Cn2nnc3ccccc3c2=O)cc(=O)n(C)c1=O. The van der Waals surface area contributed by atoms with Crippen LogP contribution in [0.25, 0.3) is 10.9 Å². The second-order valence-corrected chi connectivity index (χ2v) is 4.94. The molecule has 0 atom stereocenters. The number of aromatic nitrogens is 5. The van der Waals surface area contributed by atoms with Crippen molar-refractivity contribution in [3.8, 4) is 0 Å². The Kier molecular flexibility index (Phi) is 3.21. The molecule has 0 aliphatic rings. The van der Waals surface area contributed by atoms with Crippen molar-refractivity contribution in [3.05, 3.63) is 67.2 Å². The molecule has 8 nitrogen and oxygen atoms in total. The fourth-order valence-corrected chi connectivity index (χ4v) is 2.21. The molecular weight excluding hydrogens is 286 g/mol. The third-order valence-electron chi connectivity index (χ3n) is 3.57. The zero-order valence-corrected chi connectivity index (χ0v) is 12.1. The highest BCUT2D eigenvalue weighted by Gasteiger charge is 2.10. The van der Waals surface area contributed by atoms with Gasteiger partial charge in [0.2, 0.25) is 0 Å². The van der Waals surface area contributed by atoms with Crippen LogP contribution in [0, 0.1) is 0 Å². The largest absolute Gasteiger partial charge is 0.330 e. The molecule has 0 amide bonds. The van der Waals surface area contributed by atoms with Crippen molar-refractivity contribution in [2.45, 2.75) is 6.54 Å². The van der Waals surface area contributed by atoms with Crippen LogP contribution in [0.15, 0.2) is 44.7 Å². The molecule has 3 rings (SSSR count). The van der Waals surface area contributed by atoms with Gasteiger partial charge in [-0.1, -0.05) is 17.3 Å². The fraction of sp³-hybridized carbons (Fsp3) is 0.214. The molecule has 0 spiro atoms. The minimum atomic E-state index is -0.454. The predicted octanol–water partition coefficient (Wildman–Crippen LogP) is -0.763. The van der Waals surface area contributed by atoms with Crippen LogP contribution in [0.3, 0.4) is 0 Å². The maximum atomic E-state index is 12.4. The predicted molar refractivity (Wildman–Crippen MR) is 79.8 cm³/mol. The molecule has 2 heterocycles. The summed E-state index contributed by atoms with van der Waals surface area (Å²) in [6, 6.07) is 8.17. The summed E-state index contributed by atoms with van der Waals surface area (Å²) in [7, 11) is 2.94. The molecule has 0 saturated heterocycles.